The van der Waals surface area contributed by atoms with E-state index in [-0.39, 0.29) is 18.0 Å². The lowest BCUT2D eigenvalue weighted by molar-refractivity contribution is -0.120. The van der Waals surface area contributed by atoms with Gasteiger partial charge in [0.1, 0.15) is 17.5 Å². The van der Waals surface area contributed by atoms with Gasteiger partial charge in [-0.05, 0) is 65.4 Å². The van der Waals surface area contributed by atoms with E-state index in [0.717, 1.165) is 54.6 Å². The van der Waals surface area contributed by atoms with Gasteiger partial charge in [0, 0.05) is 30.9 Å². The highest BCUT2D eigenvalue weighted by molar-refractivity contribution is 6.04. The van der Waals surface area contributed by atoms with E-state index in [2.05, 4.69) is 52.4 Å². The summed E-state index contributed by atoms with van der Waals surface area (Å²) in [5, 5.41) is 6.95. The minimum absolute atomic E-state index is 0.0716. The molecule has 2 aliphatic rings. The van der Waals surface area contributed by atoms with E-state index in [9.17, 15) is 4.79 Å². The summed E-state index contributed by atoms with van der Waals surface area (Å²) in [6, 6.07) is 6.42. The maximum Gasteiger partial charge on any atom is 0.249 e. The van der Waals surface area contributed by atoms with Crippen LogP contribution in [0.15, 0.2) is 24.4 Å². The monoisotopic (exact) mass is 467 g/mol. The van der Waals surface area contributed by atoms with Crippen LogP contribution in [0.5, 0.6) is 5.75 Å². The SMILES string of the molecule is CC[C@@H]1C(=O)N(C)c2cnc(Nc3ccc(NC4CCN(C)CC4)cc3OC)nc2N1C(C)C. The second-order valence-electron chi connectivity index (χ2n) is 9.49. The Morgan fingerprint density at radius 3 is 2.59 bits per heavy atom. The molecular formula is C25H37N7O2. The molecule has 0 bridgehead atoms. The summed E-state index contributed by atoms with van der Waals surface area (Å²) in [6.45, 7) is 8.41. The predicted molar refractivity (Wildman–Crippen MR) is 138 cm³/mol. The summed E-state index contributed by atoms with van der Waals surface area (Å²) >= 11 is 0. The third kappa shape index (κ3) is 4.75. The second kappa shape index (κ2) is 10.0. The van der Waals surface area contributed by atoms with Crippen LogP contribution in [0.2, 0.25) is 0 Å². The number of carbonyl (C=O) groups is 1. The lowest BCUT2D eigenvalue weighted by Crippen LogP contribution is -2.54. The molecule has 3 heterocycles. The highest BCUT2D eigenvalue weighted by Gasteiger charge is 2.38. The van der Waals surface area contributed by atoms with Crippen molar-refractivity contribution in [3.63, 3.8) is 0 Å². The number of piperidine rings is 1. The van der Waals surface area contributed by atoms with E-state index in [1.165, 1.54) is 0 Å². The number of amides is 1. The molecule has 2 aromatic rings. The summed E-state index contributed by atoms with van der Waals surface area (Å²) in [5.74, 6) is 2.03. The highest BCUT2D eigenvalue weighted by atomic mass is 16.5. The van der Waals surface area contributed by atoms with Crippen LogP contribution in [0.3, 0.4) is 0 Å². The van der Waals surface area contributed by atoms with Crippen LogP contribution in [0.4, 0.5) is 28.8 Å². The summed E-state index contributed by atoms with van der Waals surface area (Å²) < 4.78 is 5.67. The van der Waals surface area contributed by atoms with Gasteiger partial charge in [0.05, 0.1) is 19.0 Å². The van der Waals surface area contributed by atoms with Crippen LogP contribution in [-0.4, -0.2) is 73.2 Å². The molecule has 0 unspecified atom stereocenters. The summed E-state index contributed by atoms with van der Waals surface area (Å²) in [6.07, 6.45) is 4.69. The van der Waals surface area contributed by atoms with Crippen LogP contribution in [0.25, 0.3) is 0 Å². The van der Waals surface area contributed by atoms with Gasteiger partial charge in [-0.2, -0.15) is 4.98 Å². The normalized spacial score (nSPS) is 19.4. The number of anilines is 5. The topological polar surface area (TPSA) is 85.9 Å². The number of fused-ring (bicyclic) bond motifs is 1. The summed E-state index contributed by atoms with van der Waals surface area (Å²) in [7, 11) is 5.62. The Kier molecular flexibility index (Phi) is 7.11. The second-order valence-corrected chi connectivity index (χ2v) is 9.49. The van der Waals surface area contributed by atoms with E-state index < -0.39 is 0 Å². The predicted octanol–water partition coefficient (Wildman–Crippen LogP) is 3.70. The molecule has 1 saturated heterocycles. The maximum atomic E-state index is 12.9. The zero-order valence-electron chi connectivity index (χ0n) is 21.1. The van der Waals surface area contributed by atoms with Crippen molar-refractivity contribution in [1.82, 2.24) is 14.9 Å². The average molecular weight is 468 g/mol. The molecular weight excluding hydrogens is 430 g/mol. The van der Waals surface area contributed by atoms with Gasteiger partial charge in [-0.15, -0.1) is 0 Å². The number of likely N-dealkylation sites (N-methyl/N-ethyl adjacent to an activating group) is 1. The number of ether oxygens (including phenoxy) is 1. The van der Waals surface area contributed by atoms with Crippen molar-refractivity contribution < 1.29 is 9.53 Å². The van der Waals surface area contributed by atoms with Crippen LogP contribution in [-0.2, 0) is 4.79 Å². The molecule has 0 aliphatic carbocycles. The molecule has 0 radical (unpaired) electrons. The molecule has 0 saturated carbocycles. The van der Waals surface area contributed by atoms with Crippen molar-refractivity contribution in [1.29, 1.82) is 0 Å². The van der Waals surface area contributed by atoms with Crippen LogP contribution in [0.1, 0.15) is 40.0 Å². The van der Waals surface area contributed by atoms with Crippen LogP contribution in [0, 0.1) is 0 Å². The number of nitrogens with zero attached hydrogens (tertiary/aromatic N) is 5. The first-order valence-corrected chi connectivity index (χ1v) is 12.2. The van der Waals surface area contributed by atoms with Gasteiger partial charge in [0.15, 0.2) is 5.82 Å². The number of rotatable bonds is 7. The quantitative estimate of drug-likeness (QED) is 0.638. The number of hydrogen-bond acceptors (Lipinski definition) is 8. The van der Waals surface area contributed by atoms with Crippen molar-refractivity contribution in [2.45, 2.75) is 58.2 Å². The van der Waals surface area contributed by atoms with Crippen molar-refractivity contribution >= 4 is 34.7 Å². The lowest BCUT2D eigenvalue weighted by atomic mass is 10.1. The Labute approximate surface area is 202 Å². The van der Waals surface area contributed by atoms with E-state index in [4.69, 9.17) is 9.72 Å². The Morgan fingerprint density at radius 1 is 1.21 bits per heavy atom. The Morgan fingerprint density at radius 2 is 1.94 bits per heavy atom. The van der Waals surface area contributed by atoms with Crippen molar-refractivity contribution in [2.24, 2.45) is 0 Å². The fraction of sp³-hybridized carbons (Fsp3) is 0.560. The Hall–Kier alpha value is -3.07. The lowest BCUT2D eigenvalue weighted by Gasteiger charge is -2.42. The fourth-order valence-electron chi connectivity index (χ4n) is 4.83. The first-order chi connectivity index (χ1) is 16.3. The Bertz CT molecular complexity index is 1020. The first kappa shape index (κ1) is 24.1. The number of aromatic nitrogens is 2. The molecule has 9 heteroatoms. The van der Waals surface area contributed by atoms with E-state index in [0.29, 0.717) is 18.4 Å². The summed E-state index contributed by atoms with van der Waals surface area (Å²) in [4.78, 5) is 28.3. The highest BCUT2D eigenvalue weighted by Crippen LogP contribution is 2.37. The molecule has 184 valence electrons. The number of benzene rings is 1. The molecule has 4 rings (SSSR count). The number of methoxy groups -OCH3 is 1. The summed E-state index contributed by atoms with van der Waals surface area (Å²) in [5.41, 5.74) is 2.55. The van der Waals surface area contributed by atoms with E-state index in [1.807, 2.05) is 19.1 Å². The molecule has 1 fully saturated rings. The minimum atomic E-state index is -0.236. The largest absolute Gasteiger partial charge is 0.494 e. The van der Waals surface area contributed by atoms with Crippen molar-refractivity contribution in [3.05, 3.63) is 24.4 Å². The van der Waals surface area contributed by atoms with Crippen LogP contribution < -0.4 is 25.2 Å². The Balaban J connectivity index is 1.57. The van der Waals surface area contributed by atoms with Gasteiger partial charge >= 0.3 is 0 Å². The first-order valence-electron chi connectivity index (χ1n) is 12.2. The smallest absolute Gasteiger partial charge is 0.249 e. The van der Waals surface area contributed by atoms with Crippen molar-refractivity contribution in [2.75, 3.05) is 54.7 Å². The molecule has 2 aliphatic heterocycles. The minimum Gasteiger partial charge on any atom is -0.494 e. The third-order valence-corrected chi connectivity index (χ3v) is 6.79. The number of hydrogen-bond donors (Lipinski definition) is 2. The van der Waals surface area contributed by atoms with E-state index in [1.54, 1.807) is 25.3 Å². The van der Waals surface area contributed by atoms with E-state index >= 15 is 0 Å². The number of carbonyl (C=O) groups excluding carboxylic acids is 1. The molecule has 34 heavy (non-hydrogen) atoms. The molecule has 1 amide bonds. The zero-order chi connectivity index (χ0) is 24.4. The molecule has 2 N–H and O–H groups in total. The molecule has 9 nitrogen and oxygen atoms in total. The molecule has 0 spiro atoms. The van der Waals surface area contributed by atoms with Gasteiger partial charge < -0.3 is 30.1 Å². The van der Waals surface area contributed by atoms with Crippen LogP contribution >= 0.6 is 0 Å². The standard InChI is InChI=1S/C25H37N7O2/c1-7-20-24(33)31(5)21-15-26-25(29-23(21)32(20)16(2)3)28-19-9-8-18(14-22(19)34-6)27-17-10-12-30(4)13-11-17/h8-9,14-17,20,27H,7,10-13H2,1-6H3,(H,26,28,29)/t20-/m1/s1. The number of likely N-dealkylation sites (tertiary alicyclic amines) is 1. The third-order valence-electron chi connectivity index (χ3n) is 6.79. The van der Waals surface area contributed by atoms with Crippen molar-refractivity contribution in [3.8, 4) is 5.75 Å². The van der Waals surface area contributed by atoms with Gasteiger partial charge in [0.25, 0.3) is 0 Å². The van der Waals surface area contributed by atoms with Gasteiger partial charge in [-0.1, -0.05) is 6.92 Å². The number of nitrogens with one attached hydrogen (secondary N) is 2. The maximum absolute atomic E-state index is 12.9. The molecule has 1 atom stereocenters. The zero-order valence-corrected chi connectivity index (χ0v) is 21.1. The fourth-order valence-corrected chi connectivity index (χ4v) is 4.83. The van der Waals surface area contributed by atoms with Gasteiger partial charge in [-0.3, -0.25) is 4.79 Å². The molecule has 1 aromatic heterocycles. The average Bonchev–Trinajstić information content (AvgIpc) is 2.83. The van der Waals surface area contributed by atoms with Gasteiger partial charge in [0.2, 0.25) is 11.9 Å². The molecule has 1 aromatic carbocycles. The van der Waals surface area contributed by atoms with Gasteiger partial charge in [-0.25, -0.2) is 4.98 Å².